The average molecular weight is 333 g/mol. The third-order valence-electron chi connectivity index (χ3n) is 3.21. The highest BCUT2D eigenvalue weighted by molar-refractivity contribution is 9.10. The minimum absolute atomic E-state index is 0.955. The fourth-order valence-corrected chi connectivity index (χ4v) is 2.39. The minimum atomic E-state index is 0.955. The second-order valence-corrected chi connectivity index (χ2v) is 6.08. The molecular weight excluding hydrogens is 312 g/mol. The van der Waals surface area contributed by atoms with Crippen LogP contribution in [0.1, 0.15) is 11.1 Å². The maximum Gasteiger partial charge on any atom is 0.0343 e. The molecule has 0 aromatic heterocycles. The lowest BCUT2D eigenvalue weighted by atomic mass is 10.2. The Morgan fingerprint density at radius 1 is 1.10 bits per heavy atom. The van der Waals surface area contributed by atoms with Crippen LogP contribution in [0.4, 0.5) is 5.69 Å². The van der Waals surface area contributed by atoms with Crippen LogP contribution in [0.25, 0.3) is 0 Å². The molecule has 106 valence electrons. The Kier molecular flexibility index (Phi) is 5.62. The van der Waals surface area contributed by atoms with E-state index in [-0.39, 0.29) is 0 Å². The molecule has 2 rings (SSSR count). The minimum Gasteiger partial charge on any atom is -0.384 e. The number of nitrogens with one attached hydrogen (secondary N) is 1. The van der Waals surface area contributed by atoms with Crippen molar-refractivity contribution < 1.29 is 0 Å². The fourth-order valence-electron chi connectivity index (χ4n) is 2.13. The van der Waals surface area contributed by atoms with Gasteiger partial charge in [0, 0.05) is 29.8 Å². The first kappa shape index (κ1) is 15.1. The van der Waals surface area contributed by atoms with Crippen molar-refractivity contribution in [1.82, 2.24) is 4.90 Å². The van der Waals surface area contributed by atoms with E-state index in [0.717, 1.165) is 24.1 Å². The van der Waals surface area contributed by atoms with E-state index in [1.807, 2.05) is 0 Å². The van der Waals surface area contributed by atoms with Crippen LogP contribution in [0, 0.1) is 6.92 Å². The highest BCUT2D eigenvalue weighted by atomic mass is 79.9. The van der Waals surface area contributed by atoms with E-state index in [4.69, 9.17) is 0 Å². The first-order chi connectivity index (χ1) is 9.63. The lowest BCUT2D eigenvalue weighted by molar-refractivity contribution is 0.340. The van der Waals surface area contributed by atoms with Gasteiger partial charge in [0.1, 0.15) is 0 Å². The van der Waals surface area contributed by atoms with Crippen molar-refractivity contribution in [2.45, 2.75) is 13.5 Å². The molecule has 0 atom stereocenters. The molecular formula is C17H21BrN2. The summed E-state index contributed by atoms with van der Waals surface area (Å²) in [6, 6.07) is 17.0. The zero-order valence-electron chi connectivity index (χ0n) is 12.1. The Morgan fingerprint density at radius 2 is 1.85 bits per heavy atom. The van der Waals surface area contributed by atoms with Crippen molar-refractivity contribution in [1.29, 1.82) is 0 Å². The maximum absolute atomic E-state index is 3.46. The van der Waals surface area contributed by atoms with Gasteiger partial charge in [-0.25, -0.2) is 0 Å². The molecule has 3 heteroatoms. The summed E-state index contributed by atoms with van der Waals surface area (Å²) in [7, 11) is 2.15. The zero-order chi connectivity index (χ0) is 14.4. The fraction of sp³-hybridized carbons (Fsp3) is 0.294. The van der Waals surface area contributed by atoms with Crippen molar-refractivity contribution >= 4 is 21.6 Å². The number of halogens is 1. The molecule has 0 aliphatic rings. The molecule has 0 bridgehead atoms. The van der Waals surface area contributed by atoms with E-state index in [1.54, 1.807) is 0 Å². The van der Waals surface area contributed by atoms with E-state index in [9.17, 15) is 0 Å². The molecule has 0 unspecified atom stereocenters. The monoisotopic (exact) mass is 332 g/mol. The lowest BCUT2D eigenvalue weighted by Gasteiger charge is -2.17. The van der Waals surface area contributed by atoms with Crippen LogP contribution in [0.3, 0.4) is 0 Å². The van der Waals surface area contributed by atoms with Crippen molar-refractivity contribution in [3.8, 4) is 0 Å². The molecule has 0 heterocycles. The Morgan fingerprint density at radius 3 is 2.55 bits per heavy atom. The van der Waals surface area contributed by atoms with Crippen molar-refractivity contribution in [3.63, 3.8) is 0 Å². The van der Waals surface area contributed by atoms with Crippen LogP contribution in [0.2, 0.25) is 0 Å². The number of benzene rings is 2. The Labute approximate surface area is 129 Å². The number of nitrogens with zero attached hydrogens (tertiary/aromatic N) is 1. The van der Waals surface area contributed by atoms with Gasteiger partial charge in [-0.15, -0.1) is 0 Å². The van der Waals surface area contributed by atoms with Crippen LogP contribution >= 0.6 is 15.9 Å². The number of hydrogen-bond acceptors (Lipinski definition) is 2. The van der Waals surface area contributed by atoms with Gasteiger partial charge < -0.3 is 10.2 Å². The van der Waals surface area contributed by atoms with Gasteiger partial charge in [-0.05, 0) is 49.4 Å². The molecule has 2 nitrogen and oxygen atoms in total. The van der Waals surface area contributed by atoms with Crippen LogP contribution in [-0.4, -0.2) is 25.0 Å². The molecule has 0 aliphatic heterocycles. The standard InChI is InChI=1S/C17H21BrN2/c1-14-4-3-5-17(12-14)19-10-11-20(2)13-15-6-8-16(18)9-7-15/h3-9,12,19H,10-11,13H2,1-2H3. The largest absolute Gasteiger partial charge is 0.384 e. The van der Waals surface area contributed by atoms with E-state index >= 15 is 0 Å². The molecule has 0 fully saturated rings. The predicted octanol–water partition coefficient (Wildman–Crippen LogP) is 4.30. The van der Waals surface area contributed by atoms with Crippen LogP contribution in [-0.2, 0) is 6.54 Å². The molecule has 0 saturated carbocycles. The Bertz CT molecular complexity index is 537. The summed E-state index contributed by atoms with van der Waals surface area (Å²) in [4.78, 5) is 2.33. The lowest BCUT2D eigenvalue weighted by Crippen LogP contribution is -2.24. The summed E-state index contributed by atoms with van der Waals surface area (Å²) < 4.78 is 1.13. The number of hydrogen-bond donors (Lipinski definition) is 1. The van der Waals surface area contributed by atoms with E-state index in [1.165, 1.54) is 16.8 Å². The third-order valence-corrected chi connectivity index (χ3v) is 3.74. The second-order valence-electron chi connectivity index (χ2n) is 5.16. The highest BCUT2D eigenvalue weighted by Crippen LogP contribution is 2.12. The molecule has 0 saturated heterocycles. The van der Waals surface area contributed by atoms with Gasteiger partial charge in [0.05, 0.1) is 0 Å². The van der Waals surface area contributed by atoms with Gasteiger partial charge in [-0.1, -0.05) is 40.2 Å². The normalized spacial score (nSPS) is 10.8. The molecule has 20 heavy (non-hydrogen) atoms. The van der Waals surface area contributed by atoms with E-state index in [0.29, 0.717) is 0 Å². The Balaban J connectivity index is 1.75. The molecule has 2 aromatic rings. The summed E-state index contributed by atoms with van der Waals surface area (Å²) in [6.07, 6.45) is 0. The first-order valence-electron chi connectivity index (χ1n) is 6.87. The highest BCUT2D eigenvalue weighted by Gasteiger charge is 2.00. The summed E-state index contributed by atoms with van der Waals surface area (Å²) in [5.41, 5.74) is 3.83. The van der Waals surface area contributed by atoms with E-state index < -0.39 is 0 Å². The topological polar surface area (TPSA) is 15.3 Å². The maximum atomic E-state index is 3.46. The number of anilines is 1. The second kappa shape index (κ2) is 7.46. The average Bonchev–Trinajstić information content (AvgIpc) is 2.41. The van der Waals surface area contributed by atoms with Crippen LogP contribution in [0.5, 0.6) is 0 Å². The van der Waals surface area contributed by atoms with Crippen LogP contribution in [0.15, 0.2) is 53.0 Å². The van der Waals surface area contributed by atoms with Gasteiger partial charge in [0.2, 0.25) is 0 Å². The number of likely N-dealkylation sites (N-methyl/N-ethyl adjacent to an activating group) is 1. The summed E-state index contributed by atoms with van der Waals surface area (Å²) in [6.45, 7) is 5.06. The SMILES string of the molecule is Cc1cccc(NCCN(C)Cc2ccc(Br)cc2)c1. The smallest absolute Gasteiger partial charge is 0.0343 e. The van der Waals surface area contributed by atoms with Gasteiger partial charge >= 0.3 is 0 Å². The van der Waals surface area contributed by atoms with Gasteiger partial charge in [0.25, 0.3) is 0 Å². The summed E-state index contributed by atoms with van der Waals surface area (Å²) in [5.74, 6) is 0. The summed E-state index contributed by atoms with van der Waals surface area (Å²) >= 11 is 3.46. The third kappa shape index (κ3) is 4.99. The number of aryl methyl sites for hydroxylation is 1. The van der Waals surface area contributed by atoms with Gasteiger partial charge in [-0.2, -0.15) is 0 Å². The molecule has 0 amide bonds. The van der Waals surface area contributed by atoms with Crippen LogP contribution < -0.4 is 5.32 Å². The molecule has 1 N–H and O–H groups in total. The van der Waals surface area contributed by atoms with Gasteiger partial charge in [-0.3, -0.25) is 0 Å². The summed E-state index contributed by atoms with van der Waals surface area (Å²) in [5, 5.41) is 3.46. The quantitative estimate of drug-likeness (QED) is 0.848. The predicted molar refractivity (Wildman–Crippen MR) is 90.1 cm³/mol. The van der Waals surface area contributed by atoms with E-state index in [2.05, 4.69) is 88.6 Å². The zero-order valence-corrected chi connectivity index (χ0v) is 13.7. The molecule has 2 aromatic carbocycles. The van der Waals surface area contributed by atoms with Gasteiger partial charge in [0.15, 0.2) is 0 Å². The van der Waals surface area contributed by atoms with Crippen molar-refractivity contribution in [2.75, 3.05) is 25.5 Å². The van der Waals surface area contributed by atoms with Crippen molar-refractivity contribution in [3.05, 3.63) is 64.1 Å². The molecule has 0 aliphatic carbocycles. The van der Waals surface area contributed by atoms with Crippen molar-refractivity contribution in [2.24, 2.45) is 0 Å². The molecule has 0 radical (unpaired) electrons. The number of rotatable bonds is 6. The first-order valence-corrected chi connectivity index (χ1v) is 7.66. The molecule has 0 spiro atoms. The Hall–Kier alpha value is -1.32.